The lowest BCUT2D eigenvalue weighted by molar-refractivity contribution is 0.111. The number of nitrogens with zero attached hydrogens (tertiary/aromatic N) is 1. The van der Waals surface area contributed by atoms with Crippen molar-refractivity contribution in [1.29, 1.82) is 0 Å². The number of carbonyl (C=O) groups excluding carboxylic acids is 1. The zero-order chi connectivity index (χ0) is 7.68. The number of furan rings is 1. The average Bonchev–Trinajstić information content (AvgIpc) is 2.50. The minimum Gasteiger partial charge on any atom is -0.464 e. The van der Waals surface area contributed by atoms with Crippen LogP contribution in [0.1, 0.15) is 10.5 Å². The number of aromatic nitrogens is 1. The number of fused-ring (bicyclic) bond motifs is 1. The molecule has 0 aromatic carbocycles. The Bertz CT molecular complexity index is 392. The molecule has 2 heterocycles. The lowest BCUT2D eigenvalue weighted by Crippen LogP contribution is -1.83. The topological polar surface area (TPSA) is 43.1 Å². The number of rotatable bonds is 1. The quantitative estimate of drug-likeness (QED) is 0.576. The van der Waals surface area contributed by atoms with E-state index in [0.29, 0.717) is 17.6 Å². The highest BCUT2D eigenvalue weighted by molar-refractivity contribution is 5.82. The average molecular weight is 147 g/mol. The summed E-state index contributed by atoms with van der Waals surface area (Å²) in [6, 6.07) is 3.42. The van der Waals surface area contributed by atoms with Crippen molar-refractivity contribution in [1.82, 2.24) is 4.98 Å². The first kappa shape index (κ1) is 6.09. The van der Waals surface area contributed by atoms with Crippen LogP contribution in [-0.2, 0) is 0 Å². The van der Waals surface area contributed by atoms with Crippen molar-refractivity contribution in [2.75, 3.05) is 0 Å². The molecule has 3 nitrogen and oxygen atoms in total. The summed E-state index contributed by atoms with van der Waals surface area (Å²) in [6.45, 7) is 0. The summed E-state index contributed by atoms with van der Waals surface area (Å²) in [7, 11) is 0. The predicted octanol–water partition coefficient (Wildman–Crippen LogP) is 1.64. The van der Waals surface area contributed by atoms with Gasteiger partial charge < -0.3 is 4.42 Å². The largest absolute Gasteiger partial charge is 0.464 e. The van der Waals surface area contributed by atoms with E-state index in [1.165, 1.54) is 0 Å². The van der Waals surface area contributed by atoms with Gasteiger partial charge in [0.2, 0.25) is 0 Å². The van der Waals surface area contributed by atoms with Gasteiger partial charge >= 0.3 is 0 Å². The van der Waals surface area contributed by atoms with Gasteiger partial charge in [-0.25, -0.2) is 0 Å². The Hall–Kier alpha value is -1.64. The number of aldehydes is 1. The molecule has 0 saturated heterocycles. The Labute approximate surface area is 62.7 Å². The maximum atomic E-state index is 10.3. The summed E-state index contributed by atoms with van der Waals surface area (Å²) >= 11 is 0. The third-order valence-corrected chi connectivity index (χ3v) is 1.48. The van der Waals surface area contributed by atoms with Crippen LogP contribution in [0, 0.1) is 0 Å². The molecule has 0 aliphatic heterocycles. The van der Waals surface area contributed by atoms with Crippen molar-refractivity contribution in [2.24, 2.45) is 0 Å². The summed E-state index contributed by atoms with van der Waals surface area (Å²) in [5.74, 6) is 0. The van der Waals surface area contributed by atoms with Crippen molar-refractivity contribution in [3.05, 3.63) is 30.3 Å². The Morgan fingerprint density at radius 1 is 1.55 bits per heavy atom. The molecule has 0 aliphatic rings. The number of hydrogen-bond donors (Lipinski definition) is 0. The molecule has 0 radical (unpaired) electrons. The molecule has 0 atom stereocenters. The van der Waals surface area contributed by atoms with E-state index in [1.54, 1.807) is 24.6 Å². The van der Waals surface area contributed by atoms with Gasteiger partial charge in [0.1, 0.15) is 11.3 Å². The van der Waals surface area contributed by atoms with Crippen molar-refractivity contribution >= 4 is 17.3 Å². The molecule has 0 amide bonds. The molecule has 0 unspecified atom stereocenters. The first-order chi connectivity index (χ1) is 5.40. The third-order valence-electron chi connectivity index (χ3n) is 1.48. The monoisotopic (exact) mass is 147 g/mol. The first-order valence-electron chi connectivity index (χ1n) is 3.18. The minimum absolute atomic E-state index is 0.396. The molecular formula is C8H5NO2. The smallest absolute Gasteiger partial charge is 0.168 e. The zero-order valence-corrected chi connectivity index (χ0v) is 5.65. The van der Waals surface area contributed by atoms with Gasteiger partial charge in [0.25, 0.3) is 0 Å². The number of hydrogen-bond acceptors (Lipinski definition) is 3. The Morgan fingerprint density at radius 2 is 2.45 bits per heavy atom. The van der Waals surface area contributed by atoms with Crippen molar-refractivity contribution in [3.8, 4) is 0 Å². The van der Waals surface area contributed by atoms with Gasteiger partial charge in [-0.1, -0.05) is 0 Å². The van der Waals surface area contributed by atoms with Crippen LogP contribution < -0.4 is 0 Å². The highest BCUT2D eigenvalue weighted by Gasteiger charge is 1.97. The van der Waals surface area contributed by atoms with E-state index in [-0.39, 0.29) is 0 Å². The van der Waals surface area contributed by atoms with Crippen LogP contribution in [0.15, 0.2) is 29.0 Å². The second-order valence-electron chi connectivity index (χ2n) is 2.19. The van der Waals surface area contributed by atoms with Gasteiger partial charge in [0.15, 0.2) is 6.29 Å². The van der Waals surface area contributed by atoms with E-state index < -0.39 is 0 Å². The molecule has 54 valence electrons. The molecule has 11 heavy (non-hydrogen) atoms. The Kier molecular flexibility index (Phi) is 1.22. The Morgan fingerprint density at radius 3 is 3.27 bits per heavy atom. The number of pyridine rings is 1. The molecule has 0 spiro atoms. The van der Waals surface area contributed by atoms with Gasteiger partial charge in [-0.2, -0.15) is 0 Å². The van der Waals surface area contributed by atoms with E-state index in [1.807, 2.05) is 0 Å². The predicted molar refractivity (Wildman–Crippen MR) is 39.4 cm³/mol. The van der Waals surface area contributed by atoms with Gasteiger partial charge in [-0.15, -0.1) is 0 Å². The lowest BCUT2D eigenvalue weighted by Gasteiger charge is -1.87. The summed E-state index contributed by atoms with van der Waals surface area (Å²) in [5.41, 5.74) is 1.09. The fourth-order valence-corrected chi connectivity index (χ4v) is 0.935. The lowest BCUT2D eigenvalue weighted by atomic mass is 10.3. The van der Waals surface area contributed by atoms with E-state index in [2.05, 4.69) is 4.98 Å². The van der Waals surface area contributed by atoms with Gasteiger partial charge in [0, 0.05) is 17.6 Å². The number of carbonyl (C=O) groups is 1. The maximum Gasteiger partial charge on any atom is 0.168 e. The van der Waals surface area contributed by atoms with Crippen molar-refractivity contribution in [2.45, 2.75) is 0 Å². The molecule has 0 saturated carbocycles. The van der Waals surface area contributed by atoms with Crippen LogP contribution in [-0.4, -0.2) is 11.3 Å². The van der Waals surface area contributed by atoms with E-state index >= 15 is 0 Å². The van der Waals surface area contributed by atoms with Crippen LogP contribution >= 0.6 is 0 Å². The SMILES string of the molecule is O=Cc1cc2occc2cn1. The first-order valence-corrected chi connectivity index (χ1v) is 3.18. The van der Waals surface area contributed by atoms with Crippen LogP contribution in [0.5, 0.6) is 0 Å². The summed E-state index contributed by atoms with van der Waals surface area (Å²) in [6.07, 6.45) is 3.88. The Balaban J connectivity index is 2.76. The van der Waals surface area contributed by atoms with Gasteiger partial charge in [0.05, 0.1) is 6.26 Å². The van der Waals surface area contributed by atoms with Crippen LogP contribution in [0.25, 0.3) is 11.0 Å². The third kappa shape index (κ3) is 0.902. The summed E-state index contributed by atoms with van der Waals surface area (Å²) < 4.78 is 5.06. The molecular weight excluding hydrogens is 142 g/mol. The molecule has 2 aromatic heterocycles. The standard InChI is InChI=1S/C8H5NO2/c10-5-7-3-8-6(4-9-7)1-2-11-8/h1-5H. The molecule has 2 rings (SSSR count). The molecule has 0 N–H and O–H groups in total. The molecule has 3 heteroatoms. The highest BCUT2D eigenvalue weighted by Crippen LogP contribution is 2.13. The second kappa shape index (κ2) is 2.20. The summed E-state index contributed by atoms with van der Waals surface area (Å²) in [5, 5.41) is 0.913. The minimum atomic E-state index is 0.396. The van der Waals surface area contributed by atoms with E-state index in [9.17, 15) is 4.79 Å². The second-order valence-corrected chi connectivity index (χ2v) is 2.19. The fourth-order valence-electron chi connectivity index (χ4n) is 0.935. The van der Waals surface area contributed by atoms with Crippen LogP contribution in [0.2, 0.25) is 0 Å². The fraction of sp³-hybridized carbons (Fsp3) is 0. The van der Waals surface area contributed by atoms with E-state index in [0.717, 1.165) is 5.39 Å². The van der Waals surface area contributed by atoms with Crippen LogP contribution in [0.4, 0.5) is 0 Å². The summed E-state index contributed by atoms with van der Waals surface area (Å²) in [4.78, 5) is 14.1. The van der Waals surface area contributed by atoms with Crippen molar-refractivity contribution < 1.29 is 9.21 Å². The zero-order valence-electron chi connectivity index (χ0n) is 5.65. The molecule has 0 aliphatic carbocycles. The molecule has 0 fully saturated rings. The van der Waals surface area contributed by atoms with E-state index in [4.69, 9.17) is 4.42 Å². The maximum absolute atomic E-state index is 10.3. The highest BCUT2D eigenvalue weighted by atomic mass is 16.3. The molecule has 0 bridgehead atoms. The van der Waals surface area contributed by atoms with Gasteiger partial charge in [-0.3, -0.25) is 9.78 Å². The van der Waals surface area contributed by atoms with Gasteiger partial charge in [-0.05, 0) is 6.07 Å². The van der Waals surface area contributed by atoms with Crippen LogP contribution in [0.3, 0.4) is 0 Å². The normalized spacial score (nSPS) is 10.2. The van der Waals surface area contributed by atoms with Crippen molar-refractivity contribution in [3.63, 3.8) is 0 Å². The molecule has 2 aromatic rings.